The maximum Gasteiger partial charge on any atom is 0.127 e. The number of carbonyl (C=O) groups excluding carboxylic acids is 2. The predicted octanol–water partition coefficient (Wildman–Crippen LogP) is 2.71. The van der Waals surface area contributed by atoms with E-state index in [4.69, 9.17) is 0 Å². The van der Waals surface area contributed by atoms with E-state index in [-0.39, 0.29) is 12.3 Å². The van der Waals surface area contributed by atoms with Crippen LogP contribution in [0.25, 0.3) is 0 Å². The molecule has 0 unspecified atom stereocenters. The molecule has 0 heterocycles. The monoisotopic (exact) mass is 302 g/mol. The first-order valence-corrected chi connectivity index (χ1v) is 7.84. The van der Waals surface area contributed by atoms with Crippen molar-refractivity contribution >= 4 is 35.6 Å². The zero-order valence-corrected chi connectivity index (χ0v) is 11.1. The molecule has 0 spiro atoms. The van der Waals surface area contributed by atoms with Gasteiger partial charge in [0.25, 0.3) is 0 Å². The molecule has 5 heteroatoms. The first-order valence-electron chi connectivity index (χ1n) is 4.78. The molecule has 0 N–H and O–H groups in total. The van der Waals surface area contributed by atoms with Crippen LogP contribution in [0.1, 0.15) is 5.56 Å². The van der Waals surface area contributed by atoms with Crippen molar-refractivity contribution in [2.24, 2.45) is 0 Å². The molecule has 1 aromatic rings. The summed E-state index contributed by atoms with van der Waals surface area (Å²) >= 11 is 3.31. The molecule has 0 amide bonds. The first-order chi connectivity index (χ1) is 7.59. The van der Waals surface area contributed by atoms with Crippen molar-refractivity contribution in [3.8, 4) is 0 Å². The summed E-state index contributed by atoms with van der Waals surface area (Å²) in [6, 6.07) is 7.38. The molecule has 0 aromatic heterocycles. The number of rotatable bonds is 6. The summed E-state index contributed by atoms with van der Waals surface area (Å²) in [4.78, 5) is 20.9. The third-order valence-corrected chi connectivity index (χ3v) is 5.30. The maximum atomic E-state index is 12.2. The van der Waals surface area contributed by atoms with Crippen LogP contribution in [0, 0.1) is 0 Å². The topological polar surface area (TPSA) is 51.2 Å². The van der Waals surface area contributed by atoms with Crippen LogP contribution in [0.2, 0.25) is 0 Å². The summed E-state index contributed by atoms with van der Waals surface area (Å²) < 4.78 is 13.1. The fraction of sp³-hybridized carbons (Fsp3) is 0.273. The summed E-state index contributed by atoms with van der Waals surface area (Å²) in [7, 11) is -2.71. The van der Waals surface area contributed by atoms with Gasteiger partial charge in [-0.2, -0.15) is 0 Å². The van der Waals surface area contributed by atoms with Gasteiger partial charge in [-0.15, -0.1) is 0 Å². The van der Waals surface area contributed by atoms with E-state index in [1.54, 1.807) is 0 Å². The van der Waals surface area contributed by atoms with Gasteiger partial charge in [0, 0.05) is 10.6 Å². The van der Waals surface area contributed by atoms with Crippen LogP contribution in [0.15, 0.2) is 28.7 Å². The lowest BCUT2D eigenvalue weighted by Crippen LogP contribution is -2.01. The number of aldehydes is 2. The lowest BCUT2D eigenvalue weighted by molar-refractivity contribution is -0.106. The molecule has 1 aromatic carbocycles. The SMILES string of the molecule is O=CCP(=O)(CC=O)Cc1ccc(Br)cc1. The molecule has 0 saturated heterocycles. The van der Waals surface area contributed by atoms with Crippen molar-refractivity contribution in [3.05, 3.63) is 34.3 Å². The molecule has 0 atom stereocenters. The van der Waals surface area contributed by atoms with Gasteiger partial charge in [-0.05, 0) is 17.7 Å². The van der Waals surface area contributed by atoms with E-state index in [9.17, 15) is 14.2 Å². The van der Waals surface area contributed by atoms with E-state index in [0.29, 0.717) is 18.7 Å². The van der Waals surface area contributed by atoms with E-state index in [1.807, 2.05) is 24.3 Å². The second kappa shape index (κ2) is 6.12. The van der Waals surface area contributed by atoms with Crippen molar-refractivity contribution in [1.29, 1.82) is 0 Å². The second-order valence-corrected chi connectivity index (χ2v) is 7.62. The fourth-order valence-electron chi connectivity index (χ4n) is 1.40. The van der Waals surface area contributed by atoms with Crippen LogP contribution in [0.3, 0.4) is 0 Å². The Morgan fingerprint density at radius 2 is 1.56 bits per heavy atom. The Morgan fingerprint density at radius 1 is 1.06 bits per heavy atom. The molecule has 1 rings (SSSR count). The van der Waals surface area contributed by atoms with Crippen molar-refractivity contribution < 1.29 is 14.2 Å². The maximum absolute atomic E-state index is 12.2. The molecular formula is C11H12BrO3P. The smallest absolute Gasteiger partial charge is 0.127 e. The molecule has 3 nitrogen and oxygen atoms in total. The standard InChI is InChI=1S/C11H12BrO3P/c12-11-3-1-10(2-4-11)9-16(15,7-5-13)8-6-14/h1-6H,7-9H2. The molecule has 0 aliphatic carbocycles. The van der Waals surface area contributed by atoms with Gasteiger partial charge in [0.1, 0.15) is 19.7 Å². The Balaban J connectivity index is 2.82. The summed E-state index contributed by atoms with van der Waals surface area (Å²) in [6.07, 6.45) is 1.51. The fourth-order valence-corrected chi connectivity index (χ4v) is 3.49. The number of halogens is 1. The highest BCUT2D eigenvalue weighted by Crippen LogP contribution is 2.47. The van der Waals surface area contributed by atoms with E-state index in [2.05, 4.69) is 15.9 Å². The lowest BCUT2D eigenvalue weighted by atomic mass is 10.2. The summed E-state index contributed by atoms with van der Waals surface area (Å²) in [5.41, 5.74) is 0.884. The van der Waals surface area contributed by atoms with Crippen LogP contribution < -0.4 is 0 Å². The Morgan fingerprint density at radius 3 is 2.00 bits per heavy atom. The number of carbonyl (C=O) groups is 2. The molecule has 0 fully saturated rings. The van der Waals surface area contributed by atoms with E-state index < -0.39 is 7.14 Å². The molecule has 0 radical (unpaired) electrons. The van der Waals surface area contributed by atoms with Crippen molar-refractivity contribution in [1.82, 2.24) is 0 Å². The molecule has 0 bridgehead atoms. The number of hydrogen-bond acceptors (Lipinski definition) is 3. The normalized spacial score (nSPS) is 11.1. The van der Waals surface area contributed by atoms with Gasteiger partial charge < -0.3 is 14.2 Å². The summed E-state index contributed by atoms with van der Waals surface area (Å²) in [5, 5.41) is 0. The van der Waals surface area contributed by atoms with Gasteiger partial charge in [0.15, 0.2) is 0 Å². The number of benzene rings is 1. The van der Waals surface area contributed by atoms with Crippen molar-refractivity contribution in [3.63, 3.8) is 0 Å². The highest BCUT2D eigenvalue weighted by atomic mass is 79.9. The van der Waals surface area contributed by atoms with Crippen LogP contribution in [0.5, 0.6) is 0 Å². The molecule has 0 saturated carbocycles. The van der Waals surface area contributed by atoms with Crippen LogP contribution in [-0.4, -0.2) is 24.9 Å². The Kier molecular flexibility index (Phi) is 5.10. The van der Waals surface area contributed by atoms with Gasteiger partial charge in [-0.25, -0.2) is 0 Å². The zero-order valence-electron chi connectivity index (χ0n) is 8.64. The minimum atomic E-state index is -2.71. The Labute approximate surface area is 103 Å². The average molecular weight is 303 g/mol. The third-order valence-electron chi connectivity index (χ3n) is 2.20. The average Bonchev–Trinajstić information content (AvgIpc) is 2.22. The van der Waals surface area contributed by atoms with Gasteiger partial charge in [0.2, 0.25) is 0 Å². The lowest BCUT2D eigenvalue weighted by Gasteiger charge is -2.12. The van der Waals surface area contributed by atoms with E-state index in [0.717, 1.165) is 10.0 Å². The van der Waals surface area contributed by atoms with Crippen LogP contribution in [-0.2, 0) is 20.3 Å². The Bertz CT molecular complexity index is 400. The molecule has 16 heavy (non-hydrogen) atoms. The van der Waals surface area contributed by atoms with Gasteiger partial charge in [-0.3, -0.25) is 0 Å². The molecule has 0 aliphatic rings. The van der Waals surface area contributed by atoms with Gasteiger partial charge >= 0.3 is 0 Å². The van der Waals surface area contributed by atoms with E-state index in [1.165, 1.54) is 0 Å². The largest absolute Gasteiger partial charge is 0.322 e. The zero-order chi connectivity index (χ0) is 12.0. The number of hydrogen-bond donors (Lipinski definition) is 0. The van der Waals surface area contributed by atoms with Gasteiger partial charge in [-0.1, -0.05) is 28.1 Å². The van der Waals surface area contributed by atoms with Crippen molar-refractivity contribution in [2.75, 3.05) is 12.3 Å². The molecule has 0 aliphatic heterocycles. The molecule has 86 valence electrons. The minimum Gasteiger partial charge on any atom is -0.322 e. The van der Waals surface area contributed by atoms with Gasteiger partial charge in [0.05, 0.1) is 12.3 Å². The minimum absolute atomic E-state index is 0.0260. The Hall–Kier alpha value is -0.730. The highest BCUT2D eigenvalue weighted by Gasteiger charge is 2.21. The third kappa shape index (κ3) is 4.03. The summed E-state index contributed by atoms with van der Waals surface area (Å²) in [5.74, 6) is 0. The van der Waals surface area contributed by atoms with Crippen LogP contribution >= 0.6 is 23.1 Å². The first kappa shape index (κ1) is 13.3. The second-order valence-electron chi connectivity index (χ2n) is 3.54. The van der Waals surface area contributed by atoms with Crippen LogP contribution in [0.4, 0.5) is 0 Å². The predicted molar refractivity (Wildman–Crippen MR) is 67.3 cm³/mol. The molecular weight excluding hydrogens is 291 g/mol. The van der Waals surface area contributed by atoms with E-state index >= 15 is 0 Å². The quantitative estimate of drug-likeness (QED) is 0.600. The highest BCUT2D eigenvalue weighted by molar-refractivity contribution is 9.10. The van der Waals surface area contributed by atoms with Crippen molar-refractivity contribution in [2.45, 2.75) is 6.16 Å². The summed E-state index contributed by atoms with van der Waals surface area (Å²) in [6.45, 7) is 0.